The zero-order valence-corrected chi connectivity index (χ0v) is 55.8. The molecule has 460 valence electrons. The first-order valence-electron chi connectivity index (χ1n) is 30.0. The van der Waals surface area contributed by atoms with Gasteiger partial charge >= 0.3 is 11.9 Å². The van der Waals surface area contributed by atoms with Gasteiger partial charge in [-0.25, -0.2) is 9.36 Å². The zero-order valence-electron chi connectivity index (χ0n) is 49.9. The van der Waals surface area contributed by atoms with Gasteiger partial charge in [-0.3, -0.25) is 28.8 Å². The maximum Gasteiger partial charge on any atom is 0.305 e. The van der Waals surface area contributed by atoms with Crippen molar-refractivity contribution in [3.8, 4) is 45.0 Å². The van der Waals surface area contributed by atoms with Crippen molar-refractivity contribution in [2.24, 2.45) is 0 Å². The molecule has 4 heterocycles. The van der Waals surface area contributed by atoms with Crippen LogP contribution in [-0.2, 0) is 116 Å². The number of fused-ring (bicyclic) bond motifs is 10. The topological polar surface area (TPSA) is 207 Å². The smallest absolute Gasteiger partial charge is 0.305 e. The third-order valence-electron chi connectivity index (χ3n) is 14.8. The Morgan fingerprint density at radius 1 is 0.442 bits per heavy atom. The normalized spacial score (nSPS) is 11.8. The monoisotopic (exact) mass is 1510 g/mol. The van der Waals surface area contributed by atoms with Gasteiger partial charge in [0.15, 0.2) is 0 Å². The van der Waals surface area contributed by atoms with Gasteiger partial charge < -0.3 is 42.6 Å². The molecule has 0 saturated carbocycles. The fraction of sp³-hybridized carbons (Fsp3) is 0.455. The predicted octanol–water partition coefficient (Wildman–Crippen LogP) is 11.9. The van der Waals surface area contributed by atoms with E-state index in [-0.39, 0.29) is 104 Å². The maximum atomic E-state index is 13.7. The van der Waals surface area contributed by atoms with Gasteiger partial charge in [-0.1, -0.05) is 161 Å². The molecule has 0 fully saturated rings. The van der Waals surface area contributed by atoms with Crippen molar-refractivity contribution in [2.45, 2.75) is 156 Å². The number of para-hydroxylation sites is 2. The average molecular weight is 1520 g/mol. The van der Waals surface area contributed by atoms with Gasteiger partial charge in [-0.15, -0.1) is 10.2 Å². The number of Topliss-reactive ketones (excluding diaryl/α,β-unsaturated/α-hetero) is 2. The summed E-state index contributed by atoms with van der Waals surface area (Å²) in [7, 11) is 0. The molecule has 4 aromatic carbocycles. The number of rotatable bonds is 32. The predicted molar refractivity (Wildman–Crippen MR) is 323 cm³/mol. The molecule has 2 aromatic heterocycles. The summed E-state index contributed by atoms with van der Waals surface area (Å²) in [5.74, 6) is -0.347. The summed E-state index contributed by atoms with van der Waals surface area (Å²) in [6.45, 7) is 14.7. The molecule has 0 unspecified atom stereocenters. The number of amides is 2. The van der Waals surface area contributed by atoms with Gasteiger partial charge in [0.05, 0.1) is 48.9 Å². The number of esters is 2. The van der Waals surface area contributed by atoms with E-state index in [4.69, 9.17) is 18.9 Å². The Balaban J connectivity index is 0.000000307. The molecule has 0 N–H and O–H groups in total. The van der Waals surface area contributed by atoms with Gasteiger partial charge in [0.1, 0.15) is 36.2 Å². The largest absolute Gasteiger partial charge is 0.464 e. The molecule has 0 radical (unpaired) electrons. The second-order valence-electron chi connectivity index (χ2n) is 20.9. The second kappa shape index (κ2) is 38.1. The van der Waals surface area contributed by atoms with Crippen molar-refractivity contribution < 1.29 is 89.8 Å². The van der Waals surface area contributed by atoms with Crippen LogP contribution in [-0.4, -0.2) is 105 Å². The van der Waals surface area contributed by atoms with Gasteiger partial charge in [0.2, 0.25) is 11.8 Å². The van der Waals surface area contributed by atoms with Crippen molar-refractivity contribution >= 4 is 46.7 Å². The summed E-state index contributed by atoms with van der Waals surface area (Å²) in [5, 5.41) is 18.0. The van der Waals surface area contributed by atoms with Crippen LogP contribution >= 0.6 is 0 Å². The number of anilines is 2. The Bertz CT molecular complexity index is 3130. The molecular weight excluding hydrogens is 1430 g/mol. The Morgan fingerprint density at radius 2 is 0.849 bits per heavy atom. The number of benzene rings is 4. The number of hydrogen-bond acceptors (Lipinski definition) is 14. The van der Waals surface area contributed by atoms with Gasteiger partial charge in [0.25, 0.3) is 0 Å². The average Bonchev–Trinajstić information content (AvgIpc) is 3.04. The minimum Gasteiger partial charge on any atom is -0.464 e. The molecule has 8 rings (SSSR count). The Labute approximate surface area is 535 Å². The van der Waals surface area contributed by atoms with E-state index in [0.717, 1.165) is 113 Å². The molecule has 0 bridgehead atoms. The van der Waals surface area contributed by atoms with Gasteiger partial charge in [-0.2, -0.15) is 0 Å². The van der Waals surface area contributed by atoms with Crippen molar-refractivity contribution in [1.82, 2.24) is 30.0 Å². The number of unbranched alkanes of at least 4 members (excludes halogenated alkanes) is 6. The number of nitrogens with zero attached hydrogens (tertiary/aromatic N) is 8. The summed E-state index contributed by atoms with van der Waals surface area (Å²) in [6, 6.07) is 31.3. The van der Waals surface area contributed by atoms with E-state index < -0.39 is 0 Å². The van der Waals surface area contributed by atoms with Crippen LogP contribution in [0.4, 0.5) is 11.4 Å². The summed E-state index contributed by atoms with van der Waals surface area (Å²) in [4.78, 5) is 79.7. The molecule has 6 aromatic rings. The van der Waals surface area contributed by atoms with Crippen LogP contribution < -0.4 is 9.80 Å². The van der Waals surface area contributed by atoms with Crippen molar-refractivity contribution in [1.29, 1.82) is 0 Å². The maximum absolute atomic E-state index is 13.7. The van der Waals surface area contributed by atoms with Crippen LogP contribution in [0.1, 0.15) is 141 Å². The Morgan fingerprint density at radius 3 is 1.34 bits per heavy atom. The minimum absolute atomic E-state index is 0. The number of hydrogen-bond donors (Lipinski definition) is 0. The van der Waals surface area contributed by atoms with Crippen molar-refractivity contribution in [2.75, 3.05) is 49.4 Å². The molecule has 0 aliphatic carbocycles. The summed E-state index contributed by atoms with van der Waals surface area (Å²) >= 11 is 0. The van der Waals surface area contributed by atoms with Gasteiger partial charge in [-0.05, 0) is 48.9 Å². The molecule has 20 heteroatoms. The SMILES string of the molecule is [CH2-]COCCC(=O)CCCC(=O)N1Cc2ccccc2-c2c(nnn2CCOC(=O)CCCCCC)-c2ccccc21.[CH2-]COCCC(=O)CCCC(=O)N1Cc2ccccc2-c2nnn(CCOC(=O)CCCCCC)c2-c2ccccc21.[W].[W]. The number of aromatic nitrogens is 6. The van der Waals surface area contributed by atoms with E-state index >= 15 is 0 Å². The number of carbonyl (C=O) groups is 6. The molecular formula is C66H82N8O10W2-2. The fourth-order valence-electron chi connectivity index (χ4n) is 10.4. The van der Waals surface area contributed by atoms with Crippen LogP contribution in [0.2, 0.25) is 0 Å². The summed E-state index contributed by atoms with van der Waals surface area (Å²) in [6.07, 6.45) is 11.8. The quantitative estimate of drug-likeness (QED) is 0.0219. The van der Waals surface area contributed by atoms with Crippen LogP contribution in [0.15, 0.2) is 97.1 Å². The number of carbonyl (C=O) groups excluding carboxylic acids is 6. The first kappa shape index (κ1) is 70.4. The van der Waals surface area contributed by atoms with Crippen LogP contribution in [0.3, 0.4) is 0 Å². The van der Waals surface area contributed by atoms with Crippen molar-refractivity contribution in [3.63, 3.8) is 0 Å². The molecule has 86 heavy (non-hydrogen) atoms. The first-order valence-corrected chi connectivity index (χ1v) is 30.0. The van der Waals surface area contributed by atoms with Crippen molar-refractivity contribution in [3.05, 3.63) is 122 Å². The fourth-order valence-corrected chi connectivity index (χ4v) is 10.4. The second-order valence-corrected chi connectivity index (χ2v) is 20.9. The van der Waals surface area contributed by atoms with Crippen LogP contribution in [0.5, 0.6) is 0 Å². The Hall–Kier alpha value is -6.32. The van der Waals surface area contributed by atoms with E-state index in [1.54, 1.807) is 19.2 Å². The van der Waals surface area contributed by atoms with E-state index in [1.165, 1.54) is 0 Å². The zero-order chi connectivity index (χ0) is 59.5. The third kappa shape index (κ3) is 20.4. The van der Waals surface area contributed by atoms with E-state index in [0.29, 0.717) is 110 Å². The molecule has 0 atom stereocenters. The third-order valence-corrected chi connectivity index (χ3v) is 14.8. The number of ketones is 2. The number of ether oxygens (including phenoxy) is 4. The molecule has 2 aliphatic rings. The molecule has 2 aliphatic heterocycles. The first-order chi connectivity index (χ1) is 41.1. The molecule has 2 amide bonds. The van der Waals surface area contributed by atoms with Crippen LogP contribution in [0.25, 0.3) is 45.0 Å². The van der Waals surface area contributed by atoms with Gasteiger partial charge in [0, 0.05) is 129 Å². The van der Waals surface area contributed by atoms with E-state index in [9.17, 15) is 28.8 Å². The Kier molecular flexibility index (Phi) is 31.2. The summed E-state index contributed by atoms with van der Waals surface area (Å²) < 4.78 is 24.9. The standard InChI is InChI=1S/2C33H41N4O5.2W/c1-3-5-6-7-19-31(40)42-23-21-37-33-27-15-9-8-13-25(27)24-36(29-17-11-10-16-28(29)32(33)34-35-37)30(39)18-12-14-26(38)20-22-41-4-2;1-3-5-6-7-19-31(40)42-23-21-37-33-28-16-10-11-17-29(28)36(30(39)18-12-14-26(38)20-22-41-4-2)24-25-13-8-9-15-27(25)32(33)34-35-37;;/h2*8-11,13,15-17H,2-7,12,14,18-24H2,1H3;;/q2*-1;;. The van der Waals surface area contributed by atoms with E-state index in [2.05, 4.69) is 48.3 Å². The minimum atomic E-state index is -0.204. The summed E-state index contributed by atoms with van der Waals surface area (Å²) in [5.41, 5.74) is 9.87. The molecule has 18 nitrogen and oxygen atoms in total. The molecule has 0 spiro atoms. The molecule has 0 saturated heterocycles. The van der Waals surface area contributed by atoms with Crippen LogP contribution in [0, 0.1) is 13.8 Å². The van der Waals surface area contributed by atoms with E-state index in [1.807, 2.05) is 97.1 Å².